The first-order valence-electron chi connectivity index (χ1n) is 13.5. The first-order chi connectivity index (χ1) is 21.1. The van der Waals surface area contributed by atoms with E-state index in [-0.39, 0.29) is 46.5 Å². The molecule has 5 heterocycles. The number of carbonyl (C=O) groups is 1. The van der Waals surface area contributed by atoms with E-state index in [1.54, 1.807) is 18.2 Å². The number of sulfonamides is 1. The summed E-state index contributed by atoms with van der Waals surface area (Å²) in [6, 6.07) is 7.42. The van der Waals surface area contributed by atoms with E-state index in [0.29, 0.717) is 39.1 Å². The van der Waals surface area contributed by atoms with Gasteiger partial charge in [-0.3, -0.25) is 19.9 Å². The van der Waals surface area contributed by atoms with Gasteiger partial charge in [0.1, 0.15) is 22.8 Å². The van der Waals surface area contributed by atoms with Crippen LogP contribution in [0.2, 0.25) is 0 Å². The lowest BCUT2D eigenvalue weighted by Crippen LogP contribution is -2.21. The zero-order valence-electron chi connectivity index (χ0n) is 23.0. The molecule has 0 radical (unpaired) electrons. The molecule has 1 amide bonds. The molecule has 7 rings (SSSR count). The summed E-state index contributed by atoms with van der Waals surface area (Å²) in [5.74, 6) is -1.06. The van der Waals surface area contributed by atoms with Crippen molar-refractivity contribution in [1.29, 1.82) is 0 Å². The second-order valence-electron chi connectivity index (χ2n) is 10.6. The van der Waals surface area contributed by atoms with Crippen LogP contribution in [0.15, 0.2) is 55.1 Å². The number of carbonyl (C=O) groups excluding carboxylic acids is 1. The van der Waals surface area contributed by atoms with Crippen molar-refractivity contribution in [3.63, 3.8) is 0 Å². The molecule has 0 unspecified atom stereocenters. The molecule has 222 valence electrons. The number of amides is 1. The molecular weight excluding hydrogens is 592 g/mol. The molecule has 0 saturated heterocycles. The summed E-state index contributed by atoms with van der Waals surface area (Å²) >= 11 is 0. The summed E-state index contributed by atoms with van der Waals surface area (Å²) in [5.41, 5.74) is 3.40. The molecule has 15 heteroatoms. The van der Waals surface area contributed by atoms with Gasteiger partial charge in [-0.2, -0.15) is 5.10 Å². The maximum absolute atomic E-state index is 16.2. The average Bonchev–Trinajstić information content (AvgIpc) is 3.60. The van der Waals surface area contributed by atoms with Crippen LogP contribution in [0, 0.1) is 17.6 Å². The summed E-state index contributed by atoms with van der Waals surface area (Å²) < 4.78 is 56.1. The van der Waals surface area contributed by atoms with Crippen molar-refractivity contribution in [3.05, 3.63) is 72.3 Å². The quantitative estimate of drug-likeness (QED) is 0.196. The number of H-pyrrole nitrogens is 2. The molecule has 0 spiro atoms. The Hall–Kier alpha value is -5.15. The molecule has 44 heavy (non-hydrogen) atoms. The number of nitrogens with zero attached hydrogens (tertiary/aromatic N) is 5. The summed E-state index contributed by atoms with van der Waals surface area (Å²) in [5, 5.41) is 9.92. The summed E-state index contributed by atoms with van der Waals surface area (Å²) in [6.45, 7) is -0.107. The van der Waals surface area contributed by atoms with Crippen molar-refractivity contribution in [1.82, 2.24) is 39.8 Å². The monoisotopic (exact) mass is 615 g/mol. The second-order valence-corrected chi connectivity index (χ2v) is 12.4. The van der Waals surface area contributed by atoms with Crippen molar-refractivity contribution in [2.75, 3.05) is 11.6 Å². The zero-order chi connectivity index (χ0) is 30.6. The van der Waals surface area contributed by atoms with E-state index in [4.69, 9.17) is 0 Å². The maximum atomic E-state index is 16.2. The van der Waals surface area contributed by atoms with Crippen LogP contribution in [-0.4, -0.2) is 55.7 Å². The van der Waals surface area contributed by atoms with Crippen LogP contribution in [-0.2, 0) is 21.4 Å². The number of nitrogens with one attached hydrogen (secondary N) is 4. The number of hydrogen-bond donors (Lipinski definition) is 4. The fourth-order valence-electron chi connectivity index (χ4n) is 4.93. The number of rotatable bonds is 8. The molecule has 1 aliphatic rings. The molecule has 12 nitrogen and oxygen atoms in total. The Bertz CT molecular complexity index is 2210. The molecule has 1 aliphatic carbocycles. The molecule has 0 atom stereocenters. The van der Waals surface area contributed by atoms with Gasteiger partial charge in [-0.1, -0.05) is 0 Å². The third kappa shape index (κ3) is 5.38. The Kier molecular flexibility index (Phi) is 6.62. The molecule has 0 bridgehead atoms. The van der Waals surface area contributed by atoms with Crippen molar-refractivity contribution in [2.45, 2.75) is 19.4 Å². The third-order valence-electron chi connectivity index (χ3n) is 7.19. The largest absolute Gasteiger partial charge is 0.336 e. The number of anilines is 1. The van der Waals surface area contributed by atoms with E-state index >= 15 is 4.39 Å². The minimum atomic E-state index is -3.49. The topological polar surface area (TPSA) is 171 Å². The minimum Gasteiger partial charge on any atom is -0.336 e. The number of aromatic nitrogens is 7. The van der Waals surface area contributed by atoms with Crippen LogP contribution in [0.1, 0.15) is 18.4 Å². The third-order valence-corrected chi connectivity index (χ3v) is 7.85. The molecule has 4 N–H and O–H groups in total. The van der Waals surface area contributed by atoms with Gasteiger partial charge in [0.2, 0.25) is 15.9 Å². The van der Waals surface area contributed by atoms with Crippen LogP contribution in [0.5, 0.6) is 0 Å². The number of fused-ring (bicyclic) bond motifs is 2. The Morgan fingerprint density at radius 2 is 1.89 bits per heavy atom. The van der Waals surface area contributed by atoms with E-state index in [0.717, 1.165) is 19.1 Å². The van der Waals surface area contributed by atoms with Crippen LogP contribution >= 0.6 is 0 Å². The van der Waals surface area contributed by atoms with Crippen molar-refractivity contribution < 1.29 is 22.0 Å². The van der Waals surface area contributed by atoms with E-state index in [2.05, 4.69) is 45.2 Å². The number of benzene rings is 1. The van der Waals surface area contributed by atoms with Gasteiger partial charge in [-0.05, 0) is 48.7 Å². The van der Waals surface area contributed by atoms with Gasteiger partial charge < -0.3 is 10.3 Å². The van der Waals surface area contributed by atoms with E-state index in [1.165, 1.54) is 36.9 Å². The van der Waals surface area contributed by atoms with Gasteiger partial charge in [0.15, 0.2) is 11.5 Å². The Morgan fingerprint density at radius 3 is 2.68 bits per heavy atom. The molecule has 1 aromatic carbocycles. The lowest BCUT2D eigenvalue weighted by atomic mass is 10.1. The number of pyridine rings is 3. The lowest BCUT2D eigenvalue weighted by Gasteiger charge is -2.08. The van der Waals surface area contributed by atoms with Crippen LogP contribution in [0.3, 0.4) is 0 Å². The zero-order valence-corrected chi connectivity index (χ0v) is 23.8. The smallest absolute Gasteiger partial charge is 0.227 e. The highest BCUT2D eigenvalue weighted by Gasteiger charge is 2.30. The standard InChI is InChI=1S/C29H23F2N9O3S/c1-44(42,43)35-10-14-6-16(8-18(30)7-14)24-25-21(4-5-33-24)37-28(38-25)26-22-23(31)20(13-34-27(22)40-39-26)17-9-19(12-32-11-17)36-29(41)15-2-3-15/h4-9,11-13,15,35H,2-3,10H2,1H3,(H,36,41)(H,37,38)(H,34,39,40). The highest BCUT2D eigenvalue weighted by atomic mass is 32.2. The predicted octanol–water partition coefficient (Wildman–Crippen LogP) is 4.30. The van der Waals surface area contributed by atoms with Crippen molar-refractivity contribution in [2.24, 2.45) is 5.92 Å². The molecule has 1 saturated carbocycles. The number of imidazole rings is 1. The summed E-state index contributed by atoms with van der Waals surface area (Å²) in [7, 11) is -3.49. The molecule has 0 aliphatic heterocycles. The minimum absolute atomic E-state index is 0.00118. The molecular formula is C29H23F2N9O3S. The van der Waals surface area contributed by atoms with E-state index < -0.39 is 21.7 Å². The fourth-order valence-corrected chi connectivity index (χ4v) is 5.36. The SMILES string of the molecule is CS(=O)(=O)NCc1cc(F)cc(-c2nccc3[nH]c(-c4n[nH]c5ncc(-c6cncc(NC(=O)C7CC7)c6)c(F)c45)nc23)c1. The Labute approximate surface area is 248 Å². The van der Waals surface area contributed by atoms with Crippen molar-refractivity contribution in [3.8, 4) is 33.9 Å². The van der Waals surface area contributed by atoms with Gasteiger partial charge in [0.05, 0.1) is 34.7 Å². The number of hydrogen-bond acceptors (Lipinski definition) is 8. The van der Waals surface area contributed by atoms with Crippen LogP contribution < -0.4 is 10.0 Å². The summed E-state index contributed by atoms with van der Waals surface area (Å²) in [6.07, 6.45) is 8.58. The Balaban J connectivity index is 1.27. The van der Waals surface area contributed by atoms with Gasteiger partial charge in [-0.25, -0.2) is 31.9 Å². The average molecular weight is 616 g/mol. The summed E-state index contributed by atoms with van der Waals surface area (Å²) in [4.78, 5) is 32.9. The first-order valence-corrected chi connectivity index (χ1v) is 15.4. The highest BCUT2D eigenvalue weighted by molar-refractivity contribution is 7.88. The van der Waals surface area contributed by atoms with E-state index in [9.17, 15) is 17.6 Å². The Morgan fingerprint density at radius 1 is 1.05 bits per heavy atom. The van der Waals surface area contributed by atoms with Crippen molar-refractivity contribution >= 4 is 43.7 Å². The van der Waals surface area contributed by atoms with Crippen LogP contribution in [0.25, 0.3) is 56.0 Å². The van der Waals surface area contributed by atoms with E-state index in [1.807, 2.05) is 0 Å². The van der Waals surface area contributed by atoms with Crippen LogP contribution in [0.4, 0.5) is 14.5 Å². The predicted molar refractivity (Wildman–Crippen MR) is 158 cm³/mol. The second kappa shape index (κ2) is 10.5. The fraction of sp³-hybridized carbons (Fsp3) is 0.172. The highest BCUT2D eigenvalue weighted by Crippen LogP contribution is 2.35. The number of aromatic amines is 2. The molecule has 6 aromatic rings. The lowest BCUT2D eigenvalue weighted by molar-refractivity contribution is -0.117. The molecule has 5 aromatic heterocycles. The van der Waals surface area contributed by atoms with Gasteiger partial charge in [0, 0.05) is 47.7 Å². The van der Waals surface area contributed by atoms with Gasteiger partial charge in [-0.15, -0.1) is 0 Å². The maximum Gasteiger partial charge on any atom is 0.227 e. The normalized spacial score (nSPS) is 13.5. The van der Waals surface area contributed by atoms with Gasteiger partial charge in [0.25, 0.3) is 0 Å². The number of halogens is 2. The molecule has 1 fully saturated rings. The first kappa shape index (κ1) is 27.7. The van der Waals surface area contributed by atoms with Gasteiger partial charge >= 0.3 is 0 Å².